The lowest BCUT2D eigenvalue weighted by atomic mass is 10.1. The lowest BCUT2D eigenvalue weighted by molar-refractivity contribution is -0.703. The SMILES string of the molecule is CCCCCCCCCCCC[n+]1cc(CC)ccc1C. The van der Waals surface area contributed by atoms with Crippen molar-refractivity contribution in [2.45, 2.75) is 97.9 Å². The zero-order chi connectivity index (χ0) is 15.3. The Bertz CT molecular complexity index is 370. The summed E-state index contributed by atoms with van der Waals surface area (Å²) in [4.78, 5) is 0. The third-order valence-corrected chi connectivity index (χ3v) is 4.47. The minimum absolute atomic E-state index is 1.14. The molecule has 0 fully saturated rings. The molecule has 0 unspecified atom stereocenters. The van der Waals surface area contributed by atoms with Gasteiger partial charge in [-0.15, -0.1) is 0 Å². The van der Waals surface area contributed by atoms with E-state index in [9.17, 15) is 0 Å². The van der Waals surface area contributed by atoms with E-state index in [4.69, 9.17) is 0 Å². The molecule has 0 amide bonds. The van der Waals surface area contributed by atoms with Gasteiger partial charge in [0.05, 0.1) is 0 Å². The molecule has 120 valence electrons. The van der Waals surface area contributed by atoms with E-state index in [1.165, 1.54) is 82.0 Å². The molecule has 0 bridgehead atoms. The zero-order valence-corrected chi connectivity index (χ0v) is 14.7. The van der Waals surface area contributed by atoms with Gasteiger partial charge in [-0.2, -0.15) is 0 Å². The van der Waals surface area contributed by atoms with Crippen molar-refractivity contribution in [3.8, 4) is 0 Å². The van der Waals surface area contributed by atoms with E-state index in [0.29, 0.717) is 0 Å². The second-order valence-electron chi connectivity index (χ2n) is 6.41. The number of pyridine rings is 1. The number of rotatable bonds is 12. The molecule has 0 aromatic carbocycles. The van der Waals surface area contributed by atoms with Crippen molar-refractivity contribution in [2.75, 3.05) is 0 Å². The fourth-order valence-corrected chi connectivity index (χ4v) is 2.89. The van der Waals surface area contributed by atoms with Gasteiger partial charge in [-0.05, 0) is 18.9 Å². The van der Waals surface area contributed by atoms with E-state index in [1.54, 1.807) is 0 Å². The van der Waals surface area contributed by atoms with Gasteiger partial charge in [0, 0.05) is 25.0 Å². The topological polar surface area (TPSA) is 3.88 Å². The molecule has 1 heterocycles. The zero-order valence-electron chi connectivity index (χ0n) is 14.7. The molecular weight excluding hydrogens is 254 g/mol. The molecule has 1 aromatic rings. The van der Waals surface area contributed by atoms with Crippen LogP contribution in [-0.2, 0) is 13.0 Å². The Morgan fingerprint density at radius 1 is 0.762 bits per heavy atom. The van der Waals surface area contributed by atoms with E-state index >= 15 is 0 Å². The molecule has 0 aliphatic carbocycles. The summed E-state index contributed by atoms with van der Waals surface area (Å²) in [5, 5.41) is 0. The van der Waals surface area contributed by atoms with Crippen LogP contribution in [0.3, 0.4) is 0 Å². The Hall–Kier alpha value is -0.850. The Morgan fingerprint density at radius 2 is 1.33 bits per heavy atom. The summed E-state index contributed by atoms with van der Waals surface area (Å²) in [7, 11) is 0. The van der Waals surface area contributed by atoms with Crippen molar-refractivity contribution >= 4 is 0 Å². The molecule has 0 atom stereocenters. The first-order chi connectivity index (χ1) is 10.3. The first kappa shape index (κ1) is 18.2. The lowest BCUT2D eigenvalue weighted by Gasteiger charge is -2.04. The van der Waals surface area contributed by atoms with Gasteiger partial charge in [0.1, 0.15) is 6.54 Å². The summed E-state index contributed by atoms with van der Waals surface area (Å²) in [5.41, 5.74) is 2.84. The van der Waals surface area contributed by atoms with Crippen molar-refractivity contribution in [1.29, 1.82) is 0 Å². The van der Waals surface area contributed by atoms with Gasteiger partial charge >= 0.3 is 0 Å². The van der Waals surface area contributed by atoms with Crippen LogP contribution in [0.5, 0.6) is 0 Å². The first-order valence-electron chi connectivity index (χ1n) is 9.27. The Labute approximate surface area is 132 Å². The van der Waals surface area contributed by atoms with Crippen LogP contribution in [0.1, 0.15) is 89.3 Å². The molecule has 0 aliphatic rings. The van der Waals surface area contributed by atoms with Gasteiger partial charge in [-0.1, -0.05) is 65.2 Å². The molecule has 0 saturated carbocycles. The van der Waals surface area contributed by atoms with E-state index in [2.05, 4.69) is 43.7 Å². The number of nitrogens with zero attached hydrogens (tertiary/aromatic N) is 1. The van der Waals surface area contributed by atoms with Gasteiger partial charge in [-0.25, -0.2) is 4.57 Å². The summed E-state index contributed by atoms with van der Waals surface area (Å²) in [6.45, 7) is 7.93. The second kappa shape index (κ2) is 11.8. The normalized spacial score (nSPS) is 11.0. The van der Waals surface area contributed by atoms with Gasteiger partial charge in [0.15, 0.2) is 11.9 Å². The van der Waals surface area contributed by atoms with Gasteiger partial charge in [0.2, 0.25) is 0 Å². The largest absolute Gasteiger partial charge is 0.202 e. The second-order valence-corrected chi connectivity index (χ2v) is 6.41. The minimum Gasteiger partial charge on any atom is -0.202 e. The summed E-state index contributed by atoms with van der Waals surface area (Å²) >= 11 is 0. The molecule has 0 saturated heterocycles. The molecule has 21 heavy (non-hydrogen) atoms. The van der Waals surface area contributed by atoms with Gasteiger partial charge in [0.25, 0.3) is 0 Å². The summed E-state index contributed by atoms with van der Waals surface area (Å²) in [6, 6.07) is 4.51. The highest BCUT2D eigenvalue weighted by atomic mass is 14.9. The molecule has 0 radical (unpaired) electrons. The van der Waals surface area contributed by atoms with Crippen LogP contribution in [-0.4, -0.2) is 0 Å². The smallest absolute Gasteiger partial charge is 0.178 e. The van der Waals surface area contributed by atoms with Crippen molar-refractivity contribution in [3.63, 3.8) is 0 Å². The standard InChI is InChI=1S/C20H36N/c1-4-6-7-8-9-10-11-12-13-14-17-21-18-20(5-2)16-15-19(21)3/h15-16,18H,4-14,17H2,1-3H3/q+1. The number of unbranched alkanes of at least 4 members (excludes halogenated alkanes) is 9. The van der Waals surface area contributed by atoms with Crippen molar-refractivity contribution in [2.24, 2.45) is 0 Å². The third kappa shape index (κ3) is 8.24. The van der Waals surface area contributed by atoms with Crippen LogP contribution in [0.4, 0.5) is 0 Å². The van der Waals surface area contributed by atoms with E-state index < -0.39 is 0 Å². The van der Waals surface area contributed by atoms with Gasteiger partial charge < -0.3 is 0 Å². The lowest BCUT2D eigenvalue weighted by Crippen LogP contribution is -2.37. The van der Waals surface area contributed by atoms with Crippen LogP contribution >= 0.6 is 0 Å². The van der Waals surface area contributed by atoms with Crippen LogP contribution in [0, 0.1) is 6.92 Å². The number of aryl methyl sites for hydroxylation is 3. The number of hydrogen-bond donors (Lipinski definition) is 0. The molecule has 1 heteroatoms. The van der Waals surface area contributed by atoms with Crippen LogP contribution in [0.2, 0.25) is 0 Å². The summed E-state index contributed by atoms with van der Waals surface area (Å²) in [5.74, 6) is 0. The molecule has 0 spiro atoms. The van der Waals surface area contributed by atoms with E-state index in [-0.39, 0.29) is 0 Å². The fraction of sp³-hybridized carbons (Fsp3) is 0.750. The number of hydrogen-bond acceptors (Lipinski definition) is 0. The maximum absolute atomic E-state index is 2.43. The Kier molecular flexibility index (Phi) is 10.2. The van der Waals surface area contributed by atoms with Gasteiger partial charge in [-0.3, -0.25) is 0 Å². The highest BCUT2D eigenvalue weighted by Crippen LogP contribution is 2.10. The Balaban J connectivity index is 2.04. The van der Waals surface area contributed by atoms with E-state index in [0.717, 1.165) is 6.42 Å². The average Bonchev–Trinajstić information content (AvgIpc) is 2.51. The van der Waals surface area contributed by atoms with Crippen molar-refractivity contribution in [1.82, 2.24) is 0 Å². The molecule has 1 aromatic heterocycles. The van der Waals surface area contributed by atoms with E-state index in [1.807, 2.05) is 0 Å². The summed E-state index contributed by atoms with van der Waals surface area (Å²) in [6.07, 6.45) is 17.6. The average molecular weight is 291 g/mol. The minimum atomic E-state index is 1.14. The first-order valence-corrected chi connectivity index (χ1v) is 9.27. The quantitative estimate of drug-likeness (QED) is 0.340. The highest BCUT2D eigenvalue weighted by molar-refractivity contribution is 5.08. The highest BCUT2D eigenvalue weighted by Gasteiger charge is 2.06. The molecule has 0 aliphatic heterocycles. The molecule has 1 nitrogen and oxygen atoms in total. The van der Waals surface area contributed by atoms with Crippen molar-refractivity contribution < 1.29 is 4.57 Å². The molecule has 1 rings (SSSR count). The molecular formula is C20H36N+. The van der Waals surface area contributed by atoms with Crippen LogP contribution in [0.25, 0.3) is 0 Å². The van der Waals surface area contributed by atoms with Crippen molar-refractivity contribution in [3.05, 3.63) is 29.6 Å². The fourth-order valence-electron chi connectivity index (χ4n) is 2.89. The third-order valence-electron chi connectivity index (χ3n) is 4.47. The summed E-state index contributed by atoms with van der Waals surface area (Å²) < 4.78 is 2.43. The number of aromatic nitrogens is 1. The predicted molar refractivity (Wildman–Crippen MR) is 92.6 cm³/mol. The van der Waals surface area contributed by atoms with Crippen LogP contribution in [0.15, 0.2) is 18.3 Å². The monoisotopic (exact) mass is 290 g/mol. The maximum atomic E-state index is 2.43. The Morgan fingerprint density at radius 3 is 1.90 bits per heavy atom. The molecule has 0 N–H and O–H groups in total. The van der Waals surface area contributed by atoms with Crippen LogP contribution < -0.4 is 4.57 Å². The maximum Gasteiger partial charge on any atom is 0.178 e. The predicted octanol–water partition coefficient (Wildman–Crippen LogP) is 5.77.